The van der Waals surface area contributed by atoms with Crippen LogP contribution in [0.5, 0.6) is 0 Å². The van der Waals surface area contributed by atoms with E-state index in [-0.39, 0.29) is 11.6 Å². The van der Waals surface area contributed by atoms with E-state index in [0.717, 1.165) is 35.4 Å². The number of carbonyl (C=O) groups is 1. The average molecular weight is 367 g/mol. The van der Waals surface area contributed by atoms with Crippen LogP contribution in [0, 0.1) is 0 Å². The quantitative estimate of drug-likeness (QED) is 0.593. The van der Waals surface area contributed by atoms with E-state index in [2.05, 4.69) is 37.3 Å². The summed E-state index contributed by atoms with van der Waals surface area (Å²) in [7, 11) is 0. The summed E-state index contributed by atoms with van der Waals surface area (Å²) in [6, 6.07) is 17.8. The smallest absolute Gasteiger partial charge is 0.275 e. The molecule has 0 aliphatic carbocycles. The number of benzene rings is 2. The normalized spacial score (nSPS) is 12.8. The van der Waals surface area contributed by atoms with Crippen LogP contribution in [0.15, 0.2) is 73.2 Å². The van der Waals surface area contributed by atoms with Crippen molar-refractivity contribution >= 4 is 34.0 Å². The fourth-order valence-electron chi connectivity index (χ4n) is 3.55. The second-order valence-electron chi connectivity index (χ2n) is 6.63. The molecule has 2 aromatic carbocycles. The van der Waals surface area contributed by atoms with Gasteiger partial charge in [0.2, 0.25) is 0 Å². The molecule has 0 spiro atoms. The van der Waals surface area contributed by atoms with Gasteiger partial charge in [-0.25, -0.2) is 9.97 Å². The highest BCUT2D eigenvalue weighted by Crippen LogP contribution is 2.32. The topological polar surface area (TPSA) is 71.0 Å². The predicted octanol–water partition coefficient (Wildman–Crippen LogP) is 3.97. The number of anilines is 3. The van der Waals surface area contributed by atoms with Crippen molar-refractivity contribution in [3.05, 3.63) is 84.4 Å². The van der Waals surface area contributed by atoms with E-state index in [0.29, 0.717) is 5.69 Å². The van der Waals surface area contributed by atoms with Gasteiger partial charge in [-0.05, 0) is 30.2 Å². The third-order valence-corrected chi connectivity index (χ3v) is 4.92. The molecular formula is C22H17N5O. The molecule has 1 aliphatic rings. The van der Waals surface area contributed by atoms with E-state index in [1.165, 1.54) is 11.8 Å². The zero-order valence-electron chi connectivity index (χ0n) is 15.0. The number of aromatic nitrogens is 3. The first kappa shape index (κ1) is 16.4. The van der Waals surface area contributed by atoms with E-state index in [1.54, 1.807) is 12.4 Å². The van der Waals surface area contributed by atoms with Crippen molar-refractivity contribution in [2.75, 3.05) is 16.8 Å². The highest BCUT2D eigenvalue weighted by Gasteiger charge is 2.21. The van der Waals surface area contributed by atoms with Crippen LogP contribution in [0.4, 0.5) is 17.2 Å². The highest BCUT2D eigenvalue weighted by atomic mass is 16.1. The number of hydrogen-bond acceptors (Lipinski definition) is 5. The molecule has 0 unspecified atom stereocenters. The van der Waals surface area contributed by atoms with Crippen molar-refractivity contribution < 1.29 is 4.79 Å². The Bertz CT molecular complexity index is 1170. The lowest BCUT2D eigenvalue weighted by atomic mass is 10.2. The van der Waals surface area contributed by atoms with Gasteiger partial charge in [0.05, 0.1) is 23.6 Å². The monoisotopic (exact) mass is 367 g/mol. The van der Waals surface area contributed by atoms with Crippen LogP contribution in [0.25, 0.3) is 10.9 Å². The Labute approximate surface area is 161 Å². The van der Waals surface area contributed by atoms with Crippen molar-refractivity contribution in [2.45, 2.75) is 6.42 Å². The molecule has 4 aromatic rings. The summed E-state index contributed by atoms with van der Waals surface area (Å²) >= 11 is 0. The minimum atomic E-state index is -0.306. The molecule has 5 rings (SSSR count). The molecule has 0 radical (unpaired) electrons. The Balaban J connectivity index is 1.38. The number of pyridine rings is 1. The van der Waals surface area contributed by atoms with Crippen LogP contribution in [0.3, 0.4) is 0 Å². The molecule has 3 heterocycles. The van der Waals surface area contributed by atoms with Gasteiger partial charge in [0, 0.05) is 23.8 Å². The first-order valence-electron chi connectivity index (χ1n) is 9.12. The zero-order valence-corrected chi connectivity index (χ0v) is 15.0. The molecule has 0 saturated carbocycles. The third-order valence-electron chi connectivity index (χ3n) is 4.92. The summed E-state index contributed by atoms with van der Waals surface area (Å²) in [6.07, 6.45) is 5.86. The van der Waals surface area contributed by atoms with Crippen molar-refractivity contribution in [2.24, 2.45) is 0 Å². The second-order valence-corrected chi connectivity index (χ2v) is 6.63. The van der Waals surface area contributed by atoms with E-state index in [4.69, 9.17) is 0 Å². The number of amides is 1. The van der Waals surface area contributed by atoms with Gasteiger partial charge < -0.3 is 10.2 Å². The zero-order chi connectivity index (χ0) is 18.9. The lowest BCUT2D eigenvalue weighted by molar-refractivity contribution is 0.102. The molecule has 28 heavy (non-hydrogen) atoms. The molecule has 6 heteroatoms. The van der Waals surface area contributed by atoms with Crippen LogP contribution in [0.2, 0.25) is 0 Å². The van der Waals surface area contributed by atoms with E-state index in [1.807, 2.05) is 42.5 Å². The van der Waals surface area contributed by atoms with Gasteiger partial charge in [0.15, 0.2) is 5.82 Å². The Kier molecular flexibility index (Phi) is 3.94. The number of fused-ring (bicyclic) bond motifs is 2. The molecule has 1 aliphatic heterocycles. The van der Waals surface area contributed by atoms with Gasteiger partial charge in [-0.2, -0.15) is 0 Å². The predicted molar refractivity (Wildman–Crippen MR) is 109 cm³/mol. The number of rotatable bonds is 3. The minimum Gasteiger partial charge on any atom is -0.325 e. The molecule has 0 atom stereocenters. The molecule has 6 nitrogen and oxygen atoms in total. The van der Waals surface area contributed by atoms with Crippen molar-refractivity contribution in [1.82, 2.24) is 15.0 Å². The summed E-state index contributed by atoms with van der Waals surface area (Å²) in [5, 5.41) is 3.86. The maximum absolute atomic E-state index is 12.6. The number of para-hydroxylation sites is 2. The largest absolute Gasteiger partial charge is 0.325 e. The molecule has 0 fully saturated rings. The number of carbonyl (C=O) groups excluding carboxylic acids is 1. The molecule has 1 N–H and O–H groups in total. The van der Waals surface area contributed by atoms with Crippen LogP contribution in [-0.2, 0) is 6.42 Å². The van der Waals surface area contributed by atoms with Crippen LogP contribution >= 0.6 is 0 Å². The summed E-state index contributed by atoms with van der Waals surface area (Å²) in [5.41, 5.74) is 4.12. The lowest BCUT2D eigenvalue weighted by Gasteiger charge is -2.17. The second kappa shape index (κ2) is 6.74. The maximum atomic E-state index is 12.6. The molecule has 0 saturated heterocycles. The van der Waals surface area contributed by atoms with Crippen LogP contribution in [0.1, 0.15) is 16.1 Å². The van der Waals surface area contributed by atoms with Crippen molar-refractivity contribution in [1.29, 1.82) is 0 Å². The highest BCUT2D eigenvalue weighted by molar-refractivity contribution is 6.07. The van der Waals surface area contributed by atoms with Gasteiger partial charge in [-0.3, -0.25) is 9.78 Å². The standard InChI is InChI=1S/C22H17N5O/c28-22(26-17-8-3-6-16-7-4-11-23-21(16)17)18-13-25-20(14-24-18)27-12-10-15-5-1-2-9-19(15)27/h1-9,11,13-14H,10,12H2,(H,26,28). The van der Waals surface area contributed by atoms with Gasteiger partial charge in [-0.1, -0.05) is 36.4 Å². The summed E-state index contributed by atoms with van der Waals surface area (Å²) in [5.74, 6) is 0.437. The van der Waals surface area contributed by atoms with E-state index >= 15 is 0 Å². The first-order valence-corrected chi connectivity index (χ1v) is 9.12. The van der Waals surface area contributed by atoms with Gasteiger partial charge in [0.25, 0.3) is 5.91 Å². The first-order chi connectivity index (χ1) is 13.8. The Hall–Kier alpha value is -3.80. The number of nitrogens with zero attached hydrogens (tertiary/aromatic N) is 4. The fourth-order valence-corrected chi connectivity index (χ4v) is 3.55. The summed E-state index contributed by atoms with van der Waals surface area (Å²) in [6.45, 7) is 0.862. The molecule has 136 valence electrons. The Morgan fingerprint density at radius 3 is 2.71 bits per heavy atom. The number of nitrogens with one attached hydrogen (secondary N) is 1. The van der Waals surface area contributed by atoms with Crippen LogP contribution in [-0.4, -0.2) is 27.4 Å². The third kappa shape index (κ3) is 2.85. The average Bonchev–Trinajstić information content (AvgIpc) is 3.18. The number of hydrogen-bond donors (Lipinski definition) is 1. The van der Waals surface area contributed by atoms with Crippen molar-refractivity contribution in [3.63, 3.8) is 0 Å². The van der Waals surface area contributed by atoms with E-state index < -0.39 is 0 Å². The Morgan fingerprint density at radius 1 is 0.929 bits per heavy atom. The molecule has 2 aromatic heterocycles. The maximum Gasteiger partial charge on any atom is 0.275 e. The van der Waals surface area contributed by atoms with Gasteiger partial charge >= 0.3 is 0 Å². The molecular weight excluding hydrogens is 350 g/mol. The van der Waals surface area contributed by atoms with Crippen molar-refractivity contribution in [3.8, 4) is 0 Å². The van der Waals surface area contributed by atoms with Gasteiger partial charge in [-0.15, -0.1) is 0 Å². The van der Waals surface area contributed by atoms with Crippen LogP contribution < -0.4 is 10.2 Å². The Morgan fingerprint density at radius 2 is 1.82 bits per heavy atom. The lowest BCUT2D eigenvalue weighted by Crippen LogP contribution is -2.18. The van der Waals surface area contributed by atoms with Gasteiger partial charge in [0.1, 0.15) is 5.69 Å². The summed E-state index contributed by atoms with van der Waals surface area (Å²) < 4.78 is 0. The van der Waals surface area contributed by atoms with E-state index in [9.17, 15) is 4.79 Å². The summed E-state index contributed by atoms with van der Waals surface area (Å²) in [4.78, 5) is 27.9. The SMILES string of the molecule is O=C(Nc1cccc2cccnc12)c1cnc(N2CCc3ccccc32)cn1. The fraction of sp³-hybridized carbons (Fsp3) is 0.0909. The minimum absolute atomic E-state index is 0.268. The molecule has 0 bridgehead atoms. The molecule has 1 amide bonds.